The monoisotopic (exact) mass is 425 g/mol. The van der Waals surface area contributed by atoms with E-state index in [2.05, 4.69) is 5.32 Å². The molecule has 0 aliphatic carbocycles. The molecule has 0 heterocycles. The highest BCUT2D eigenvalue weighted by Gasteiger charge is 2.03. The summed E-state index contributed by atoms with van der Waals surface area (Å²) in [4.78, 5) is 12.4. The fourth-order valence-corrected chi connectivity index (χ4v) is 2.63. The molecule has 0 fully saturated rings. The predicted molar refractivity (Wildman–Crippen MR) is 120 cm³/mol. The van der Waals surface area contributed by atoms with Crippen molar-refractivity contribution in [3.63, 3.8) is 0 Å². The van der Waals surface area contributed by atoms with Crippen LogP contribution in [0.5, 0.6) is 23.0 Å². The van der Waals surface area contributed by atoms with E-state index in [9.17, 15) is 15.0 Å². The number of aliphatic hydroxyl groups excluding tert-OH is 1. The van der Waals surface area contributed by atoms with Crippen LogP contribution in [0.15, 0.2) is 60.3 Å². The summed E-state index contributed by atoms with van der Waals surface area (Å²) in [6, 6.07) is 9.72. The zero-order valence-electron chi connectivity index (χ0n) is 17.5. The molecule has 7 heteroatoms. The second kappa shape index (κ2) is 12.1. The first-order valence-electron chi connectivity index (χ1n) is 9.67. The van der Waals surface area contributed by atoms with E-state index >= 15 is 0 Å². The van der Waals surface area contributed by atoms with E-state index in [4.69, 9.17) is 14.6 Å². The third-order valence-electron chi connectivity index (χ3n) is 4.26. The lowest BCUT2D eigenvalue weighted by Gasteiger charge is -2.07. The molecule has 0 bridgehead atoms. The molecule has 0 amide bonds. The number of ketones is 1. The first-order valence-corrected chi connectivity index (χ1v) is 9.67. The van der Waals surface area contributed by atoms with Gasteiger partial charge in [-0.2, -0.15) is 0 Å². The molecule has 4 N–H and O–H groups in total. The number of nitrogens with one attached hydrogen (secondary N) is 1. The minimum absolute atomic E-state index is 0.0252. The lowest BCUT2D eigenvalue weighted by molar-refractivity contribution is -0.110. The largest absolute Gasteiger partial charge is 0.504 e. The molecule has 7 nitrogen and oxygen atoms in total. The van der Waals surface area contributed by atoms with Gasteiger partial charge in [-0.3, -0.25) is 4.79 Å². The smallest absolute Gasteiger partial charge is 0.180 e. The van der Waals surface area contributed by atoms with Crippen LogP contribution in [0.2, 0.25) is 0 Å². The van der Waals surface area contributed by atoms with Crippen molar-refractivity contribution in [2.24, 2.45) is 0 Å². The number of aromatic hydroxyl groups is 2. The van der Waals surface area contributed by atoms with Gasteiger partial charge in [0.1, 0.15) is 0 Å². The first-order chi connectivity index (χ1) is 15.0. The normalized spacial score (nSPS) is 11.8. The van der Waals surface area contributed by atoms with Gasteiger partial charge in [-0.15, -0.1) is 0 Å². The average Bonchev–Trinajstić information content (AvgIpc) is 2.77. The fourth-order valence-electron chi connectivity index (χ4n) is 2.63. The number of benzene rings is 2. The summed E-state index contributed by atoms with van der Waals surface area (Å²) in [6.45, 7) is 0.535. The Kier molecular flexibility index (Phi) is 9.19. The highest BCUT2D eigenvalue weighted by molar-refractivity contribution is 6.02. The molecular weight excluding hydrogens is 398 g/mol. The van der Waals surface area contributed by atoms with Crippen molar-refractivity contribution < 1.29 is 29.6 Å². The van der Waals surface area contributed by atoms with E-state index in [-0.39, 0.29) is 23.9 Å². The summed E-state index contributed by atoms with van der Waals surface area (Å²) in [7, 11) is 2.93. The highest BCUT2D eigenvalue weighted by atomic mass is 16.5. The third-order valence-corrected chi connectivity index (χ3v) is 4.26. The Balaban J connectivity index is 2.18. The third kappa shape index (κ3) is 7.56. The molecule has 0 aliphatic rings. The van der Waals surface area contributed by atoms with Gasteiger partial charge >= 0.3 is 0 Å². The number of aliphatic hydroxyl groups is 1. The van der Waals surface area contributed by atoms with Crippen molar-refractivity contribution >= 4 is 17.9 Å². The maximum atomic E-state index is 12.4. The van der Waals surface area contributed by atoms with Gasteiger partial charge in [0.25, 0.3) is 0 Å². The van der Waals surface area contributed by atoms with E-state index in [0.29, 0.717) is 35.7 Å². The van der Waals surface area contributed by atoms with Gasteiger partial charge in [-0.25, -0.2) is 0 Å². The number of hydrogen-bond donors (Lipinski definition) is 4. The molecule has 0 aromatic heterocycles. The number of carbonyl (C=O) groups is 1. The second-order valence-corrected chi connectivity index (χ2v) is 6.54. The molecule has 2 aromatic carbocycles. The Morgan fingerprint density at radius 2 is 1.48 bits per heavy atom. The Hall–Kier alpha value is -3.71. The highest BCUT2D eigenvalue weighted by Crippen LogP contribution is 2.27. The molecule has 0 radical (unpaired) electrons. The van der Waals surface area contributed by atoms with Gasteiger partial charge in [-0.1, -0.05) is 24.3 Å². The molecule has 0 atom stereocenters. The first kappa shape index (κ1) is 23.6. The van der Waals surface area contributed by atoms with Crippen LogP contribution < -0.4 is 14.8 Å². The quantitative estimate of drug-likeness (QED) is 0.249. The van der Waals surface area contributed by atoms with Gasteiger partial charge in [0.15, 0.2) is 28.8 Å². The van der Waals surface area contributed by atoms with Gasteiger partial charge in [0.05, 0.1) is 14.2 Å². The zero-order valence-corrected chi connectivity index (χ0v) is 17.5. The molecule has 0 unspecified atom stereocenters. The van der Waals surface area contributed by atoms with Gasteiger partial charge in [-0.05, 0) is 54.0 Å². The number of allylic oxidation sites excluding steroid dienone is 3. The van der Waals surface area contributed by atoms with Crippen LogP contribution in [-0.2, 0) is 4.79 Å². The molecular formula is C24H27NO6. The van der Waals surface area contributed by atoms with E-state index < -0.39 is 0 Å². The molecule has 0 aliphatic heterocycles. The van der Waals surface area contributed by atoms with Crippen LogP contribution >= 0.6 is 0 Å². The topological polar surface area (TPSA) is 108 Å². The zero-order chi connectivity index (χ0) is 22.6. The van der Waals surface area contributed by atoms with Crippen LogP contribution in [0, 0.1) is 0 Å². The van der Waals surface area contributed by atoms with Crippen molar-refractivity contribution in [1.82, 2.24) is 5.32 Å². The SMILES string of the molecule is COc1cc(/C=C/C(=O)/C=C(/C=C/c2ccc(O)c(OC)c2)NCCCO)ccc1O. The number of methoxy groups -OCH3 is 2. The van der Waals surface area contributed by atoms with E-state index in [1.807, 2.05) is 0 Å². The number of rotatable bonds is 11. The summed E-state index contributed by atoms with van der Waals surface area (Å²) >= 11 is 0. The Bertz CT molecular complexity index is 978. The standard InChI is InChI=1S/C24H27NO6/c1-30-23-14-17(6-10-21(23)28)4-8-19(25-12-3-13-26)16-20(27)9-5-18-7-11-22(29)24(15-18)31-2/h4-11,14-16,25-26,28-29H,3,12-13H2,1-2H3/b8-4+,9-5+,19-16-. The fraction of sp³-hybridized carbons (Fsp3) is 0.208. The number of phenols is 2. The minimum Gasteiger partial charge on any atom is -0.504 e. The maximum absolute atomic E-state index is 12.4. The predicted octanol–water partition coefficient (Wildman–Crippen LogP) is 3.27. The van der Waals surface area contributed by atoms with Gasteiger partial charge in [0, 0.05) is 24.9 Å². The molecule has 0 spiro atoms. The molecule has 0 saturated carbocycles. The summed E-state index contributed by atoms with van der Waals surface area (Å²) < 4.78 is 10.2. The Morgan fingerprint density at radius 3 is 2.00 bits per heavy atom. The van der Waals surface area contributed by atoms with Crippen LogP contribution in [0.4, 0.5) is 0 Å². The summed E-state index contributed by atoms with van der Waals surface area (Å²) in [6.07, 6.45) is 8.53. The van der Waals surface area contributed by atoms with E-state index in [0.717, 1.165) is 5.56 Å². The van der Waals surface area contributed by atoms with Crippen molar-refractivity contribution in [2.45, 2.75) is 6.42 Å². The van der Waals surface area contributed by atoms with E-state index in [1.165, 1.54) is 38.5 Å². The lowest BCUT2D eigenvalue weighted by atomic mass is 10.1. The van der Waals surface area contributed by atoms with Crippen molar-refractivity contribution in [3.05, 3.63) is 71.5 Å². The number of phenolic OH excluding ortho intramolecular Hbond substituents is 2. The van der Waals surface area contributed by atoms with Crippen LogP contribution in [-0.4, -0.2) is 48.5 Å². The van der Waals surface area contributed by atoms with Gasteiger partial charge < -0.3 is 30.1 Å². The summed E-state index contributed by atoms with van der Waals surface area (Å²) in [5.41, 5.74) is 2.06. The molecule has 2 aromatic rings. The molecule has 31 heavy (non-hydrogen) atoms. The molecule has 164 valence electrons. The average molecular weight is 425 g/mol. The molecule has 0 saturated heterocycles. The van der Waals surface area contributed by atoms with Crippen LogP contribution in [0.25, 0.3) is 12.2 Å². The van der Waals surface area contributed by atoms with Crippen LogP contribution in [0.1, 0.15) is 17.5 Å². The van der Waals surface area contributed by atoms with Crippen LogP contribution in [0.3, 0.4) is 0 Å². The lowest BCUT2D eigenvalue weighted by Crippen LogP contribution is -2.15. The summed E-state index contributed by atoms with van der Waals surface area (Å²) in [5, 5.41) is 31.5. The minimum atomic E-state index is -0.244. The van der Waals surface area contributed by atoms with E-state index in [1.54, 1.807) is 42.5 Å². The second-order valence-electron chi connectivity index (χ2n) is 6.54. The maximum Gasteiger partial charge on any atom is 0.180 e. The number of hydrogen-bond acceptors (Lipinski definition) is 7. The molecule has 2 rings (SSSR count). The van der Waals surface area contributed by atoms with Crippen molar-refractivity contribution in [1.29, 1.82) is 0 Å². The van der Waals surface area contributed by atoms with Gasteiger partial charge in [0.2, 0.25) is 0 Å². The summed E-state index contributed by atoms with van der Waals surface area (Å²) in [5.74, 6) is 0.499. The van der Waals surface area contributed by atoms with Crippen molar-refractivity contribution in [2.75, 3.05) is 27.4 Å². The Labute approximate surface area is 181 Å². The Morgan fingerprint density at radius 1 is 0.935 bits per heavy atom. The number of carbonyl (C=O) groups excluding carboxylic acids is 1. The number of ether oxygens (including phenoxy) is 2. The van der Waals surface area contributed by atoms with Crippen molar-refractivity contribution in [3.8, 4) is 23.0 Å².